The Hall–Kier alpha value is -1.06. The predicted octanol–water partition coefficient (Wildman–Crippen LogP) is 2.70. The first-order valence-electron chi connectivity index (χ1n) is 6.72. The van der Waals surface area contributed by atoms with Gasteiger partial charge >= 0.3 is 0 Å². The van der Waals surface area contributed by atoms with Crippen LogP contribution < -0.4 is 10.1 Å². The van der Waals surface area contributed by atoms with Crippen LogP contribution in [0.5, 0.6) is 5.75 Å². The van der Waals surface area contributed by atoms with Crippen molar-refractivity contribution in [3.8, 4) is 5.75 Å². The molecule has 1 aromatic carbocycles. The Bertz CT molecular complexity index is 319. The Morgan fingerprint density at radius 2 is 1.72 bits per heavy atom. The van der Waals surface area contributed by atoms with Crippen molar-refractivity contribution in [1.29, 1.82) is 0 Å². The van der Waals surface area contributed by atoms with E-state index >= 15 is 0 Å². The van der Waals surface area contributed by atoms with Crippen LogP contribution in [-0.4, -0.2) is 32.9 Å². The van der Waals surface area contributed by atoms with Crippen molar-refractivity contribution >= 4 is 0 Å². The molecule has 1 rings (SSSR count). The summed E-state index contributed by atoms with van der Waals surface area (Å²) >= 11 is 0. The van der Waals surface area contributed by atoms with Crippen molar-refractivity contribution in [1.82, 2.24) is 5.32 Å². The maximum Gasteiger partial charge on any atom is 0.119 e. The predicted molar refractivity (Wildman–Crippen MR) is 75.4 cm³/mol. The van der Waals surface area contributed by atoms with Crippen LogP contribution in [0.3, 0.4) is 0 Å². The second-order valence-electron chi connectivity index (χ2n) is 4.47. The molecule has 1 N–H and O–H groups in total. The first kappa shape index (κ1) is 15.0. The summed E-state index contributed by atoms with van der Waals surface area (Å²) in [5, 5.41) is 3.34. The molecule has 0 fully saturated rings. The van der Waals surface area contributed by atoms with Crippen molar-refractivity contribution in [2.75, 3.05) is 32.9 Å². The zero-order chi connectivity index (χ0) is 13.2. The molecule has 102 valence electrons. The fraction of sp³-hybridized carbons (Fsp3) is 0.600. The lowest BCUT2D eigenvalue weighted by Crippen LogP contribution is -2.23. The average molecular weight is 251 g/mol. The summed E-state index contributed by atoms with van der Waals surface area (Å²) in [6.45, 7) is 10.4. The van der Waals surface area contributed by atoms with Crippen molar-refractivity contribution in [3.63, 3.8) is 0 Å². The number of ether oxygens (including phenoxy) is 2. The molecule has 3 heteroatoms. The van der Waals surface area contributed by atoms with Crippen LogP contribution in [-0.2, 0) is 4.74 Å². The Balaban J connectivity index is 2.07. The highest BCUT2D eigenvalue weighted by atomic mass is 16.5. The van der Waals surface area contributed by atoms with Crippen LogP contribution in [0.2, 0.25) is 0 Å². The minimum atomic E-state index is 0.706. The number of rotatable bonds is 9. The highest BCUT2D eigenvalue weighted by molar-refractivity contribution is 5.32. The monoisotopic (exact) mass is 251 g/mol. The first-order chi connectivity index (χ1) is 8.72. The molecule has 0 atom stereocenters. The molecular formula is C15H25NO2. The van der Waals surface area contributed by atoms with E-state index in [0.717, 1.165) is 38.5 Å². The van der Waals surface area contributed by atoms with Gasteiger partial charge in [0.05, 0.1) is 0 Å². The van der Waals surface area contributed by atoms with Gasteiger partial charge in [0.1, 0.15) is 12.4 Å². The van der Waals surface area contributed by atoms with Crippen molar-refractivity contribution < 1.29 is 9.47 Å². The van der Waals surface area contributed by atoms with Gasteiger partial charge in [0.2, 0.25) is 0 Å². The molecule has 0 aliphatic carbocycles. The van der Waals surface area contributed by atoms with Crippen LogP contribution in [0, 0.1) is 13.8 Å². The second-order valence-corrected chi connectivity index (χ2v) is 4.47. The van der Waals surface area contributed by atoms with Gasteiger partial charge in [-0.1, -0.05) is 6.07 Å². The molecular weight excluding hydrogens is 226 g/mol. The van der Waals surface area contributed by atoms with Gasteiger partial charge in [-0.05, 0) is 57.0 Å². The summed E-state index contributed by atoms with van der Waals surface area (Å²) < 4.78 is 11.0. The van der Waals surface area contributed by atoms with Gasteiger partial charge in [0.15, 0.2) is 0 Å². The Kier molecular flexibility index (Phi) is 7.46. The molecule has 0 aromatic heterocycles. The van der Waals surface area contributed by atoms with E-state index in [2.05, 4.69) is 37.4 Å². The van der Waals surface area contributed by atoms with Gasteiger partial charge in [-0.25, -0.2) is 0 Å². The summed E-state index contributed by atoms with van der Waals surface area (Å²) in [5.74, 6) is 0.962. The maximum absolute atomic E-state index is 5.70. The van der Waals surface area contributed by atoms with E-state index in [4.69, 9.17) is 9.47 Å². The number of benzene rings is 1. The third-order valence-corrected chi connectivity index (χ3v) is 2.59. The normalized spacial score (nSPS) is 10.6. The second kappa shape index (κ2) is 8.95. The van der Waals surface area contributed by atoms with Crippen LogP contribution >= 0.6 is 0 Å². The Labute approximate surface area is 110 Å². The zero-order valence-corrected chi connectivity index (χ0v) is 11.8. The summed E-state index contributed by atoms with van der Waals surface area (Å²) in [4.78, 5) is 0. The smallest absolute Gasteiger partial charge is 0.119 e. The third kappa shape index (κ3) is 6.62. The molecule has 3 nitrogen and oxygen atoms in total. The quantitative estimate of drug-likeness (QED) is 0.685. The maximum atomic E-state index is 5.70. The molecule has 0 spiro atoms. The van der Waals surface area contributed by atoms with Gasteiger partial charge in [-0.3, -0.25) is 0 Å². The van der Waals surface area contributed by atoms with Crippen molar-refractivity contribution in [2.24, 2.45) is 0 Å². The van der Waals surface area contributed by atoms with Crippen LogP contribution in [0.15, 0.2) is 18.2 Å². The van der Waals surface area contributed by atoms with Crippen molar-refractivity contribution in [2.45, 2.75) is 27.2 Å². The van der Waals surface area contributed by atoms with E-state index in [1.54, 1.807) is 0 Å². The van der Waals surface area contributed by atoms with E-state index in [0.29, 0.717) is 6.61 Å². The van der Waals surface area contributed by atoms with E-state index in [1.807, 2.05) is 6.92 Å². The highest BCUT2D eigenvalue weighted by Gasteiger charge is 1.96. The molecule has 0 aliphatic heterocycles. The summed E-state index contributed by atoms with van der Waals surface area (Å²) in [6, 6.07) is 6.29. The molecule has 0 saturated heterocycles. The molecule has 18 heavy (non-hydrogen) atoms. The Morgan fingerprint density at radius 3 is 2.39 bits per heavy atom. The molecule has 0 bridgehead atoms. The number of hydrogen-bond donors (Lipinski definition) is 1. The summed E-state index contributed by atoms with van der Waals surface area (Å²) in [7, 11) is 0. The van der Waals surface area contributed by atoms with Gasteiger partial charge in [0.25, 0.3) is 0 Å². The molecule has 0 radical (unpaired) electrons. The van der Waals surface area contributed by atoms with Crippen LogP contribution in [0.1, 0.15) is 24.5 Å². The molecule has 0 aliphatic rings. The minimum Gasteiger partial charge on any atom is -0.492 e. The number of hydrogen-bond acceptors (Lipinski definition) is 3. The lowest BCUT2D eigenvalue weighted by Gasteiger charge is -2.09. The molecule has 0 heterocycles. The van der Waals surface area contributed by atoms with E-state index < -0.39 is 0 Å². The van der Waals surface area contributed by atoms with E-state index in [-0.39, 0.29) is 0 Å². The largest absolute Gasteiger partial charge is 0.492 e. The van der Waals surface area contributed by atoms with Crippen LogP contribution in [0.25, 0.3) is 0 Å². The van der Waals surface area contributed by atoms with Crippen molar-refractivity contribution in [3.05, 3.63) is 29.3 Å². The first-order valence-corrected chi connectivity index (χ1v) is 6.72. The molecule has 0 unspecified atom stereocenters. The topological polar surface area (TPSA) is 30.5 Å². The SMILES string of the molecule is CCOCCCNCCOc1cc(C)cc(C)c1. The minimum absolute atomic E-state index is 0.706. The molecule has 0 saturated carbocycles. The molecule has 0 amide bonds. The van der Waals surface area contributed by atoms with E-state index in [1.165, 1.54) is 11.1 Å². The van der Waals surface area contributed by atoms with Crippen LogP contribution in [0.4, 0.5) is 0 Å². The summed E-state index contributed by atoms with van der Waals surface area (Å²) in [6.07, 6.45) is 1.05. The fourth-order valence-electron chi connectivity index (χ4n) is 1.83. The number of aryl methyl sites for hydroxylation is 2. The van der Waals surface area contributed by atoms with Gasteiger partial charge < -0.3 is 14.8 Å². The van der Waals surface area contributed by atoms with Gasteiger partial charge in [-0.15, -0.1) is 0 Å². The number of nitrogens with one attached hydrogen (secondary N) is 1. The van der Waals surface area contributed by atoms with Gasteiger partial charge in [-0.2, -0.15) is 0 Å². The zero-order valence-electron chi connectivity index (χ0n) is 11.8. The fourth-order valence-corrected chi connectivity index (χ4v) is 1.83. The summed E-state index contributed by atoms with van der Waals surface area (Å²) in [5.41, 5.74) is 2.49. The lowest BCUT2D eigenvalue weighted by molar-refractivity contribution is 0.144. The molecule has 1 aromatic rings. The third-order valence-electron chi connectivity index (χ3n) is 2.59. The Morgan fingerprint density at radius 1 is 1.00 bits per heavy atom. The average Bonchev–Trinajstić information content (AvgIpc) is 2.31. The van der Waals surface area contributed by atoms with Gasteiger partial charge in [0, 0.05) is 19.8 Å². The van der Waals surface area contributed by atoms with E-state index in [9.17, 15) is 0 Å². The lowest BCUT2D eigenvalue weighted by atomic mass is 10.1. The highest BCUT2D eigenvalue weighted by Crippen LogP contribution is 2.15. The standard InChI is InChI=1S/C15H25NO2/c1-4-17-8-5-6-16-7-9-18-15-11-13(2)10-14(3)12-15/h10-12,16H,4-9H2,1-3H3.